The van der Waals surface area contributed by atoms with Gasteiger partial charge in [-0.25, -0.2) is 4.98 Å². The van der Waals surface area contributed by atoms with Gasteiger partial charge in [0.05, 0.1) is 11.2 Å². The first-order chi connectivity index (χ1) is 5.75. The summed E-state index contributed by atoms with van der Waals surface area (Å²) >= 11 is 1.48. The smallest absolute Gasteiger partial charge is 0.308 e. The van der Waals surface area contributed by atoms with Crippen LogP contribution in [0.2, 0.25) is 0 Å². The van der Waals surface area contributed by atoms with Gasteiger partial charge in [0, 0.05) is 12.8 Å². The van der Waals surface area contributed by atoms with Crippen LogP contribution >= 0.6 is 11.3 Å². The van der Waals surface area contributed by atoms with Crippen molar-refractivity contribution in [2.45, 2.75) is 25.7 Å². The summed E-state index contributed by atoms with van der Waals surface area (Å²) in [7, 11) is 0. The minimum Gasteiger partial charge on any atom is -0.414 e. The topological polar surface area (TPSA) is 39.2 Å². The second kappa shape index (κ2) is 2.86. The number of esters is 1. The molecule has 2 rings (SSSR count). The highest BCUT2D eigenvalue weighted by Gasteiger charge is 2.26. The lowest BCUT2D eigenvalue weighted by Gasteiger charge is -1.91. The van der Waals surface area contributed by atoms with E-state index in [2.05, 4.69) is 4.98 Å². The van der Waals surface area contributed by atoms with Crippen molar-refractivity contribution in [2.24, 2.45) is 0 Å². The molecule has 0 unspecified atom stereocenters. The van der Waals surface area contributed by atoms with E-state index in [0.717, 1.165) is 5.01 Å². The van der Waals surface area contributed by atoms with Crippen LogP contribution in [0.25, 0.3) is 0 Å². The van der Waals surface area contributed by atoms with E-state index in [1.54, 1.807) is 6.20 Å². The molecule has 0 radical (unpaired) electrons. The van der Waals surface area contributed by atoms with Crippen molar-refractivity contribution in [2.75, 3.05) is 0 Å². The summed E-state index contributed by atoms with van der Waals surface area (Å²) in [6, 6.07) is 0. The number of hydrogen-bond donors (Lipinski definition) is 0. The number of hydrogen-bond acceptors (Lipinski definition) is 4. The Kier molecular flexibility index (Phi) is 1.84. The molecule has 1 aliphatic carbocycles. The van der Waals surface area contributed by atoms with Crippen LogP contribution in [0.5, 0.6) is 5.06 Å². The minimum absolute atomic E-state index is 0.277. The molecule has 0 saturated heterocycles. The van der Waals surface area contributed by atoms with E-state index in [1.807, 2.05) is 0 Å². The van der Waals surface area contributed by atoms with E-state index in [0.29, 0.717) is 11.0 Å². The highest BCUT2D eigenvalue weighted by molar-refractivity contribution is 7.13. The monoisotopic (exact) mass is 183 g/mol. The van der Waals surface area contributed by atoms with Gasteiger partial charge in [0.25, 0.3) is 0 Å². The molecule has 12 heavy (non-hydrogen) atoms. The molecule has 1 aromatic rings. The molecule has 0 N–H and O–H groups in total. The maximum absolute atomic E-state index is 10.6. The van der Waals surface area contributed by atoms with Crippen molar-refractivity contribution in [1.82, 2.24) is 4.98 Å². The fraction of sp³-hybridized carbons (Fsp3) is 0.500. The van der Waals surface area contributed by atoms with E-state index in [4.69, 9.17) is 4.74 Å². The van der Waals surface area contributed by atoms with Crippen molar-refractivity contribution in [3.05, 3.63) is 11.2 Å². The van der Waals surface area contributed by atoms with Crippen molar-refractivity contribution in [3.63, 3.8) is 0 Å². The molecule has 3 nitrogen and oxygen atoms in total. The van der Waals surface area contributed by atoms with E-state index in [9.17, 15) is 4.79 Å². The Hall–Kier alpha value is -0.900. The predicted octanol–water partition coefficient (Wildman–Crippen LogP) is 1.95. The van der Waals surface area contributed by atoms with Gasteiger partial charge in [0.2, 0.25) is 5.06 Å². The molecular weight excluding hydrogens is 174 g/mol. The van der Waals surface area contributed by atoms with Crippen LogP contribution < -0.4 is 4.74 Å². The fourth-order valence-electron chi connectivity index (χ4n) is 0.980. The van der Waals surface area contributed by atoms with Crippen molar-refractivity contribution in [3.8, 4) is 5.06 Å². The van der Waals surface area contributed by atoms with Crippen LogP contribution in [-0.2, 0) is 4.79 Å². The number of rotatable bonds is 2. The van der Waals surface area contributed by atoms with E-state index >= 15 is 0 Å². The molecule has 1 saturated carbocycles. The molecule has 0 bridgehead atoms. The summed E-state index contributed by atoms with van der Waals surface area (Å²) in [5.74, 6) is 0.361. The SMILES string of the molecule is CC(=O)Oc1cnc(C2CC2)s1. The zero-order chi connectivity index (χ0) is 8.55. The van der Waals surface area contributed by atoms with E-state index in [-0.39, 0.29) is 5.97 Å². The Balaban J connectivity index is 2.07. The summed E-state index contributed by atoms with van der Waals surface area (Å²) in [5.41, 5.74) is 0. The first-order valence-electron chi connectivity index (χ1n) is 3.90. The normalized spacial score (nSPS) is 16.1. The molecule has 1 heterocycles. The number of nitrogens with zero attached hydrogens (tertiary/aromatic N) is 1. The van der Waals surface area contributed by atoms with Crippen molar-refractivity contribution >= 4 is 17.3 Å². The average molecular weight is 183 g/mol. The molecule has 1 aromatic heterocycles. The summed E-state index contributed by atoms with van der Waals surface area (Å²) in [6.45, 7) is 1.40. The molecule has 0 aromatic carbocycles. The van der Waals surface area contributed by atoms with Crippen LogP contribution in [0.15, 0.2) is 6.20 Å². The second-order valence-corrected chi connectivity index (χ2v) is 3.91. The fourth-order valence-corrected chi connectivity index (χ4v) is 1.96. The maximum atomic E-state index is 10.6. The van der Waals surface area contributed by atoms with Gasteiger partial charge < -0.3 is 4.74 Å². The van der Waals surface area contributed by atoms with Crippen LogP contribution in [-0.4, -0.2) is 11.0 Å². The van der Waals surface area contributed by atoms with E-state index < -0.39 is 0 Å². The molecule has 1 aliphatic rings. The van der Waals surface area contributed by atoms with Gasteiger partial charge in [-0.05, 0) is 12.8 Å². The van der Waals surface area contributed by atoms with Crippen molar-refractivity contribution < 1.29 is 9.53 Å². The van der Waals surface area contributed by atoms with Gasteiger partial charge in [-0.2, -0.15) is 0 Å². The highest BCUT2D eigenvalue weighted by Crippen LogP contribution is 2.43. The minimum atomic E-state index is -0.277. The third-order valence-electron chi connectivity index (χ3n) is 1.67. The number of ether oxygens (including phenoxy) is 1. The third-order valence-corrected chi connectivity index (χ3v) is 2.71. The van der Waals surface area contributed by atoms with Crippen LogP contribution in [0.4, 0.5) is 0 Å². The van der Waals surface area contributed by atoms with Gasteiger partial charge in [-0.1, -0.05) is 11.3 Å². The lowest BCUT2D eigenvalue weighted by molar-refractivity contribution is -0.131. The lowest BCUT2D eigenvalue weighted by atomic mass is 10.5. The first kappa shape index (κ1) is 7.73. The predicted molar refractivity (Wildman–Crippen MR) is 45.4 cm³/mol. The number of carbonyl (C=O) groups is 1. The molecular formula is C8H9NO2S. The van der Waals surface area contributed by atoms with Gasteiger partial charge in [0.1, 0.15) is 0 Å². The van der Waals surface area contributed by atoms with E-state index in [1.165, 1.54) is 31.1 Å². The Labute approximate surface area is 74.4 Å². The first-order valence-corrected chi connectivity index (χ1v) is 4.71. The quantitative estimate of drug-likeness (QED) is 0.658. The Bertz CT molecular complexity index is 304. The summed E-state index contributed by atoms with van der Waals surface area (Å²) in [5, 5.41) is 1.72. The number of aromatic nitrogens is 1. The summed E-state index contributed by atoms with van der Waals surface area (Å²) < 4.78 is 4.89. The standard InChI is InChI=1S/C8H9NO2S/c1-5(10)11-7-4-9-8(12-7)6-2-3-6/h4,6H,2-3H2,1H3. The molecule has 64 valence electrons. The number of thiazole rings is 1. The Morgan fingerprint density at radius 1 is 1.75 bits per heavy atom. The largest absolute Gasteiger partial charge is 0.414 e. The summed E-state index contributed by atoms with van der Waals surface area (Å²) in [4.78, 5) is 14.7. The average Bonchev–Trinajstić information content (AvgIpc) is 2.73. The van der Waals surface area contributed by atoms with Crippen molar-refractivity contribution in [1.29, 1.82) is 0 Å². The highest BCUT2D eigenvalue weighted by atomic mass is 32.1. The van der Waals surface area contributed by atoms with Gasteiger partial charge in [-0.3, -0.25) is 4.79 Å². The molecule has 0 atom stereocenters. The Morgan fingerprint density at radius 3 is 3.08 bits per heavy atom. The molecule has 4 heteroatoms. The zero-order valence-corrected chi connectivity index (χ0v) is 7.56. The van der Waals surface area contributed by atoms with Crippen LogP contribution in [0.1, 0.15) is 30.7 Å². The number of carbonyl (C=O) groups excluding carboxylic acids is 1. The molecule has 0 spiro atoms. The molecule has 0 aliphatic heterocycles. The van der Waals surface area contributed by atoms with Crippen LogP contribution in [0.3, 0.4) is 0 Å². The van der Waals surface area contributed by atoms with Crippen LogP contribution in [0, 0.1) is 0 Å². The van der Waals surface area contributed by atoms with Gasteiger partial charge in [-0.15, -0.1) is 0 Å². The molecule has 1 fully saturated rings. The lowest BCUT2D eigenvalue weighted by Crippen LogP contribution is -1.98. The van der Waals surface area contributed by atoms with Gasteiger partial charge in [0.15, 0.2) is 0 Å². The second-order valence-electron chi connectivity index (χ2n) is 2.89. The summed E-state index contributed by atoms with van der Waals surface area (Å²) in [6.07, 6.45) is 4.08. The maximum Gasteiger partial charge on any atom is 0.308 e. The zero-order valence-electron chi connectivity index (χ0n) is 6.74. The van der Waals surface area contributed by atoms with Gasteiger partial charge >= 0.3 is 5.97 Å². The molecule has 0 amide bonds. The third kappa shape index (κ3) is 1.64. The Morgan fingerprint density at radius 2 is 2.50 bits per heavy atom.